The van der Waals surface area contributed by atoms with Gasteiger partial charge in [0.2, 0.25) is 5.75 Å². The molecule has 0 unspecified atom stereocenters. The molecule has 3 heteroatoms. The molecule has 0 spiro atoms. The molecule has 94 valence electrons. The van der Waals surface area contributed by atoms with Crippen molar-refractivity contribution < 1.29 is 15.3 Å². The molecular weight excluding hydrogens is 228 g/mol. The van der Waals surface area contributed by atoms with Gasteiger partial charge >= 0.3 is 0 Å². The zero-order chi connectivity index (χ0) is 13.4. The van der Waals surface area contributed by atoms with E-state index in [9.17, 15) is 15.3 Å². The Morgan fingerprint density at radius 1 is 0.667 bits per heavy atom. The third kappa shape index (κ3) is 1.78. The van der Waals surface area contributed by atoms with E-state index in [1.54, 1.807) is 13.8 Å². The van der Waals surface area contributed by atoms with E-state index in [4.69, 9.17) is 0 Å². The number of phenols is 3. The van der Waals surface area contributed by atoms with Gasteiger partial charge in [-0.15, -0.1) is 0 Å². The molecule has 0 aromatic heterocycles. The second-order valence-electron chi connectivity index (χ2n) is 4.54. The van der Waals surface area contributed by atoms with Crippen molar-refractivity contribution >= 4 is 0 Å². The van der Waals surface area contributed by atoms with Crippen molar-refractivity contribution in [3.63, 3.8) is 0 Å². The number of rotatable bonds is 1. The molecule has 0 bridgehead atoms. The molecule has 3 nitrogen and oxygen atoms in total. The van der Waals surface area contributed by atoms with Crippen LogP contribution in [0.1, 0.15) is 16.7 Å². The monoisotopic (exact) mass is 244 g/mol. The van der Waals surface area contributed by atoms with E-state index in [0.29, 0.717) is 11.1 Å². The molecule has 18 heavy (non-hydrogen) atoms. The lowest BCUT2D eigenvalue weighted by Gasteiger charge is -2.15. The molecule has 0 fully saturated rings. The normalized spacial score (nSPS) is 10.6. The molecule has 0 saturated heterocycles. The van der Waals surface area contributed by atoms with Crippen LogP contribution >= 0.6 is 0 Å². The Hall–Kier alpha value is -2.16. The number of benzene rings is 2. The van der Waals surface area contributed by atoms with Gasteiger partial charge in [0.1, 0.15) is 0 Å². The van der Waals surface area contributed by atoms with Gasteiger partial charge in [0.05, 0.1) is 0 Å². The molecule has 2 aromatic carbocycles. The highest BCUT2D eigenvalue weighted by atomic mass is 16.3. The maximum absolute atomic E-state index is 9.80. The van der Waals surface area contributed by atoms with Gasteiger partial charge in [-0.05, 0) is 31.9 Å². The van der Waals surface area contributed by atoms with Crippen molar-refractivity contribution in [2.24, 2.45) is 0 Å². The fraction of sp³-hybridized carbons (Fsp3) is 0.200. The standard InChI is InChI=1S/C15H16O3/c1-8-4-6-11(7-5-8)12-9(2)13(16)15(18)14(17)10(12)3/h4-7,16-18H,1-3H3. The Labute approximate surface area is 106 Å². The van der Waals surface area contributed by atoms with Crippen LogP contribution in [0.25, 0.3) is 11.1 Å². The van der Waals surface area contributed by atoms with Crippen LogP contribution in [-0.4, -0.2) is 15.3 Å². The molecule has 2 rings (SSSR count). The summed E-state index contributed by atoms with van der Waals surface area (Å²) in [6.45, 7) is 5.43. The predicted octanol–water partition coefficient (Wildman–Crippen LogP) is 3.40. The summed E-state index contributed by atoms with van der Waals surface area (Å²) in [5.41, 5.74) is 3.92. The summed E-state index contributed by atoms with van der Waals surface area (Å²) in [5, 5.41) is 29.2. The average Bonchev–Trinajstić information content (AvgIpc) is 2.36. The number of phenolic OH excluding ortho intramolecular Hbond substituents is 3. The van der Waals surface area contributed by atoms with E-state index in [1.165, 1.54) is 0 Å². The molecule has 0 atom stereocenters. The van der Waals surface area contributed by atoms with Crippen molar-refractivity contribution in [1.82, 2.24) is 0 Å². The van der Waals surface area contributed by atoms with Crippen molar-refractivity contribution in [1.29, 1.82) is 0 Å². The van der Waals surface area contributed by atoms with Crippen LogP contribution in [0.15, 0.2) is 24.3 Å². The van der Waals surface area contributed by atoms with Crippen LogP contribution < -0.4 is 0 Å². The van der Waals surface area contributed by atoms with Gasteiger partial charge in [-0.25, -0.2) is 0 Å². The van der Waals surface area contributed by atoms with Crippen LogP contribution in [0.5, 0.6) is 17.2 Å². The second-order valence-corrected chi connectivity index (χ2v) is 4.54. The summed E-state index contributed by atoms with van der Waals surface area (Å²) in [6.07, 6.45) is 0. The fourth-order valence-corrected chi connectivity index (χ4v) is 2.14. The Morgan fingerprint density at radius 3 is 1.56 bits per heavy atom. The summed E-state index contributed by atoms with van der Waals surface area (Å²) in [5.74, 6) is -0.997. The van der Waals surface area contributed by atoms with Gasteiger partial charge in [0, 0.05) is 11.1 Å². The molecule has 0 heterocycles. The van der Waals surface area contributed by atoms with Crippen molar-refractivity contribution in [3.05, 3.63) is 41.0 Å². The number of aryl methyl sites for hydroxylation is 1. The predicted molar refractivity (Wildman–Crippen MR) is 71.1 cm³/mol. The quantitative estimate of drug-likeness (QED) is 0.674. The molecule has 0 amide bonds. The largest absolute Gasteiger partial charge is 0.504 e. The number of aromatic hydroxyl groups is 3. The zero-order valence-corrected chi connectivity index (χ0v) is 10.7. The van der Waals surface area contributed by atoms with Crippen molar-refractivity contribution in [2.75, 3.05) is 0 Å². The summed E-state index contributed by atoms with van der Waals surface area (Å²) in [7, 11) is 0. The molecule has 3 N–H and O–H groups in total. The maximum Gasteiger partial charge on any atom is 0.200 e. The van der Waals surface area contributed by atoms with Crippen LogP contribution in [-0.2, 0) is 0 Å². The Balaban J connectivity index is 2.75. The fourth-order valence-electron chi connectivity index (χ4n) is 2.14. The van der Waals surface area contributed by atoms with Gasteiger partial charge < -0.3 is 15.3 Å². The second kappa shape index (κ2) is 4.26. The van der Waals surface area contributed by atoms with E-state index < -0.39 is 5.75 Å². The van der Waals surface area contributed by atoms with Gasteiger partial charge in [0.15, 0.2) is 11.5 Å². The van der Waals surface area contributed by atoms with Gasteiger partial charge in [-0.3, -0.25) is 0 Å². The van der Waals surface area contributed by atoms with Gasteiger partial charge in [-0.2, -0.15) is 0 Å². The first-order valence-corrected chi connectivity index (χ1v) is 5.74. The smallest absolute Gasteiger partial charge is 0.200 e. The molecule has 0 aliphatic carbocycles. The molecule has 0 saturated carbocycles. The SMILES string of the molecule is Cc1ccc(-c2c(C)c(O)c(O)c(O)c2C)cc1. The summed E-state index contributed by atoms with van der Waals surface area (Å²) < 4.78 is 0. The molecule has 0 radical (unpaired) electrons. The minimum atomic E-state index is -0.458. The zero-order valence-electron chi connectivity index (χ0n) is 10.7. The first-order chi connectivity index (χ1) is 8.43. The minimum Gasteiger partial charge on any atom is -0.504 e. The molecule has 0 aliphatic heterocycles. The molecule has 0 aliphatic rings. The number of hydrogen-bond donors (Lipinski definition) is 3. The lowest BCUT2D eigenvalue weighted by Crippen LogP contribution is -1.91. The highest BCUT2D eigenvalue weighted by Gasteiger charge is 2.19. The highest BCUT2D eigenvalue weighted by Crippen LogP contribution is 2.46. The summed E-state index contributed by atoms with van der Waals surface area (Å²) in [6, 6.07) is 7.80. The van der Waals surface area contributed by atoms with Crippen molar-refractivity contribution in [2.45, 2.75) is 20.8 Å². The first kappa shape index (κ1) is 12.3. The molecule has 2 aromatic rings. The third-order valence-electron chi connectivity index (χ3n) is 3.25. The first-order valence-electron chi connectivity index (χ1n) is 5.74. The summed E-state index contributed by atoms with van der Waals surface area (Å²) >= 11 is 0. The maximum atomic E-state index is 9.80. The Morgan fingerprint density at radius 2 is 1.11 bits per heavy atom. The van der Waals surface area contributed by atoms with Gasteiger partial charge in [0.25, 0.3) is 0 Å². The van der Waals surface area contributed by atoms with E-state index >= 15 is 0 Å². The van der Waals surface area contributed by atoms with E-state index in [1.807, 2.05) is 31.2 Å². The summed E-state index contributed by atoms with van der Waals surface area (Å²) in [4.78, 5) is 0. The average molecular weight is 244 g/mol. The van der Waals surface area contributed by atoms with E-state index in [2.05, 4.69) is 0 Å². The third-order valence-corrected chi connectivity index (χ3v) is 3.25. The number of hydrogen-bond acceptors (Lipinski definition) is 3. The Bertz CT molecular complexity index is 569. The minimum absolute atomic E-state index is 0.270. The lowest BCUT2D eigenvalue weighted by molar-refractivity contribution is 0.365. The van der Waals surface area contributed by atoms with Crippen molar-refractivity contribution in [3.8, 4) is 28.4 Å². The topological polar surface area (TPSA) is 60.7 Å². The van der Waals surface area contributed by atoms with E-state index in [-0.39, 0.29) is 11.5 Å². The van der Waals surface area contributed by atoms with Crippen LogP contribution in [0.3, 0.4) is 0 Å². The lowest BCUT2D eigenvalue weighted by atomic mass is 9.93. The highest BCUT2D eigenvalue weighted by molar-refractivity contribution is 5.79. The van der Waals surface area contributed by atoms with Crippen LogP contribution in [0, 0.1) is 20.8 Å². The van der Waals surface area contributed by atoms with Crippen LogP contribution in [0.4, 0.5) is 0 Å². The van der Waals surface area contributed by atoms with Gasteiger partial charge in [-0.1, -0.05) is 29.8 Å². The van der Waals surface area contributed by atoms with Crippen LogP contribution in [0.2, 0.25) is 0 Å². The molecular formula is C15H16O3. The Kier molecular flexibility index (Phi) is 2.91. The van der Waals surface area contributed by atoms with E-state index in [0.717, 1.165) is 16.7 Å².